The second-order valence-electron chi connectivity index (χ2n) is 6.14. The maximum Gasteiger partial charge on any atom is 0.426 e. The summed E-state index contributed by atoms with van der Waals surface area (Å²) in [5.74, 6) is -1.61. The molecule has 140 valence electrons. The van der Waals surface area contributed by atoms with Crippen LogP contribution in [0.3, 0.4) is 0 Å². The number of benzene rings is 2. The molecule has 0 amide bonds. The van der Waals surface area contributed by atoms with E-state index < -0.39 is 17.7 Å². The van der Waals surface area contributed by atoms with Gasteiger partial charge in [-0.1, -0.05) is 18.2 Å². The number of esters is 1. The molecule has 0 aromatic heterocycles. The van der Waals surface area contributed by atoms with Crippen LogP contribution >= 0.6 is 0 Å². The Morgan fingerprint density at radius 3 is 2.04 bits per heavy atom. The quantitative estimate of drug-likeness (QED) is 0.789. The van der Waals surface area contributed by atoms with Gasteiger partial charge in [0.1, 0.15) is 5.75 Å². The zero-order valence-electron chi connectivity index (χ0n) is 14.9. The Balaban J connectivity index is 2.80. The zero-order valence-corrected chi connectivity index (χ0v) is 14.9. The molecule has 0 saturated carbocycles. The molecule has 1 unspecified atom stereocenters. The fraction of sp³-hybridized carbons (Fsp3) is 0.316. The first-order valence-electron chi connectivity index (χ1n) is 7.84. The molecule has 2 aromatic rings. The van der Waals surface area contributed by atoms with Gasteiger partial charge in [0.25, 0.3) is 5.54 Å². The minimum Gasteiger partial charge on any atom is -0.507 e. The molecule has 0 spiro atoms. The largest absolute Gasteiger partial charge is 0.507 e. The topological polar surface area (TPSA) is 58.6 Å². The van der Waals surface area contributed by atoms with Gasteiger partial charge in [-0.3, -0.25) is 0 Å². The summed E-state index contributed by atoms with van der Waals surface area (Å²) in [6, 6.07) is 8.62. The Kier molecular flexibility index (Phi) is 5.21. The van der Waals surface area contributed by atoms with E-state index in [9.17, 15) is 23.1 Å². The molecule has 2 rings (SSSR count). The van der Waals surface area contributed by atoms with Crippen LogP contribution in [0.4, 0.5) is 18.9 Å². The summed E-state index contributed by atoms with van der Waals surface area (Å²) in [5, 5.41) is 12.3. The summed E-state index contributed by atoms with van der Waals surface area (Å²) in [6.07, 6.45) is -5.00. The van der Waals surface area contributed by atoms with E-state index in [1.165, 1.54) is 19.9 Å². The van der Waals surface area contributed by atoms with Crippen molar-refractivity contribution in [1.29, 1.82) is 0 Å². The van der Waals surface area contributed by atoms with Gasteiger partial charge in [0.05, 0.1) is 7.11 Å². The lowest BCUT2D eigenvalue weighted by Crippen LogP contribution is -2.56. The Labute approximate surface area is 149 Å². The summed E-state index contributed by atoms with van der Waals surface area (Å²) in [6.45, 7) is 4.57. The van der Waals surface area contributed by atoms with Gasteiger partial charge in [-0.2, -0.15) is 13.2 Å². The van der Waals surface area contributed by atoms with Gasteiger partial charge in [-0.05, 0) is 61.2 Å². The van der Waals surface area contributed by atoms with Crippen LogP contribution < -0.4 is 5.32 Å². The van der Waals surface area contributed by atoms with E-state index in [2.05, 4.69) is 10.1 Å². The summed E-state index contributed by atoms with van der Waals surface area (Å²) < 4.78 is 47.3. The number of aryl methyl sites for hydroxylation is 3. The van der Waals surface area contributed by atoms with Gasteiger partial charge in [0.15, 0.2) is 0 Å². The molecular weight excluding hydrogens is 347 g/mol. The summed E-state index contributed by atoms with van der Waals surface area (Å²) in [4.78, 5) is 12.4. The highest BCUT2D eigenvalue weighted by Gasteiger charge is 2.63. The van der Waals surface area contributed by atoms with Crippen LogP contribution in [0.5, 0.6) is 5.75 Å². The Morgan fingerprint density at radius 1 is 1.04 bits per heavy atom. The average Bonchev–Trinajstić information content (AvgIpc) is 2.56. The van der Waals surface area contributed by atoms with E-state index in [0.717, 1.165) is 19.2 Å². The highest BCUT2D eigenvalue weighted by Crippen LogP contribution is 2.44. The van der Waals surface area contributed by atoms with E-state index in [1.807, 2.05) is 0 Å². The van der Waals surface area contributed by atoms with Crippen molar-refractivity contribution in [3.8, 4) is 5.75 Å². The van der Waals surface area contributed by atoms with Crippen molar-refractivity contribution in [1.82, 2.24) is 0 Å². The highest BCUT2D eigenvalue weighted by molar-refractivity contribution is 5.88. The third-order valence-corrected chi connectivity index (χ3v) is 4.31. The number of aromatic hydroxyl groups is 1. The number of phenols is 1. The minimum absolute atomic E-state index is 0.120. The van der Waals surface area contributed by atoms with Crippen LogP contribution in [-0.2, 0) is 15.1 Å². The first kappa shape index (κ1) is 19.6. The van der Waals surface area contributed by atoms with Crippen molar-refractivity contribution in [2.24, 2.45) is 0 Å². The van der Waals surface area contributed by atoms with Gasteiger partial charge in [-0.15, -0.1) is 0 Å². The van der Waals surface area contributed by atoms with Crippen molar-refractivity contribution < 1.29 is 27.8 Å². The van der Waals surface area contributed by atoms with Gasteiger partial charge >= 0.3 is 12.1 Å². The van der Waals surface area contributed by atoms with E-state index in [4.69, 9.17) is 0 Å². The molecule has 0 saturated heterocycles. The molecule has 0 bridgehead atoms. The number of alkyl halides is 3. The number of hydrogen-bond acceptors (Lipinski definition) is 4. The SMILES string of the molecule is COC(=O)C(Nc1ccccc1C)(c1cc(C)c(O)c(C)c1)C(F)(F)F. The number of ether oxygens (including phenoxy) is 1. The van der Waals surface area contributed by atoms with E-state index in [0.29, 0.717) is 5.56 Å². The summed E-state index contributed by atoms with van der Waals surface area (Å²) in [5.41, 5.74) is -2.33. The molecule has 2 aromatic carbocycles. The predicted octanol–water partition coefficient (Wildman–Crippen LogP) is 4.36. The molecule has 0 heterocycles. The van der Waals surface area contributed by atoms with E-state index in [1.54, 1.807) is 25.1 Å². The number of phenolic OH excluding ortho intramolecular Hbond substituents is 1. The lowest BCUT2D eigenvalue weighted by Gasteiger charge is -2.36. The molecule has 26 heavy (non-hydrogen) atoms. The van der Waals surface area contributed by atoms with Gasteiger partial charge in [-0.25, -0.2) is 4.79 Å². The third-order valence-electron chi connectivity index (χ3n) is 4.31. The molecule has 2 N–H and O–H groups in total. The predicted molar refractivity (Wildman–Crippen MR) is 92.1 cm³/mol. The van der Waals surface area contributed by atoms with Crippen LogP contribution in [0.1, 0.15) is 22.3 Å². The van der Waals surface area contributed by atoms with Crippen LogP contribution in [0.15, 0.2) is 36.4 Å². The molecule has 0 aliphatic carbocycles. The third kappa shape index (κ3) is 3.21. The number of nitrogens with one attached hydrogen (secondary N) is 1. The summed E-state index contributed by atoms with van der Waals surface area (Å²) >= 11 is 0. The normalized spacial score (nSPS) is 13.8. The second kappa shape index (κ2) is 6.90. The molecule has 0 aliphatic rings. The van der Waals surface area contributed by atoms with E-state index >= 15 is 0 Å². The molecule has 4 nitrogen and oxygen atoms in total. The highest BCUT2D eigenvalue weighted by atomic mass is 19.4. The zero-order chi connectivity index (χ0) is 19.7. The van der Waals surface area contributed by atoms with Crippen molar-refractivity contribution >= 4 is 11.7 Å². The second-order valence-corrected chi connectivity index (χ2v) is 6.14. The molecule has 0 fully saturated rings. The number of carbonyl (C=O) groups is 1. The average molecular weight is 367 g/mol. The Morgan fingerprint density at radius 2 is 1.58 bits per heavy atom. The number of rotatable bonds is 4. The van der Waals surface area contributed by atoms with Gasteiger partial charge in [0, 0.05) is 5.69 Å². The van der Waals surface area contributed by atoms with Crippen LogP contribution in [-0.4, -0.2) is 24.4 Å². The number of halogens is 3. The lowest BCUT2D eigenvalue weighted by atomic mass is 9.86. The standard InChI is InChI=1S/C19H20F3NO3/c1-11-7-5-6-8-15(11)23-18(17(25)26-4,19(20,21)22)14-9-12(2)16(24)13(3)10-14/h5-10,23-24H,1-4H3. The number of carbonyl (C=O) groups excluding carboxylic acids is 1. The van der Waals surface area contributed by atoms with Crippen molar-refractivity contribution in [2.45, 2.75) is 32.5 Å². The van der Waals surface area contributed by atoms with Crippen LogP contribution in [0, 0.1) is 20.8 Å². The molecule has 0 aliphatic heterocycles. The maximum absolute atomic E-state index is 14.3. The number of methoxy groups -OCH3 is 1. The van der Waals surface area contributed by atoms with Gasteiger partial charge < -0.3 is 15.2 Å². The lowest BCUT2D eigenvalue weighted by molar-refractivity contribution is -0.201. The minimum atomic E-state index is -5.00. The van der Waals surface area contributed by atoms with Gasteiger partial charge in [0.2, 0.25) is 0 Å². The Bertz CT molecular complexity index is 810. The molecule has 7 heteroatoms. The summed E-state index contributed by atoms with van der Waals surface area (Å²) in [7, 11) is 0.905. The smallest absolute Gasteiger partial charge is 0.426 e. The van der Waals surface area contributed by atoms with Crippen LogP contribution in [0.2, 0.25) is 0 Å². The van der Waals surface area contributed by atoms with Crippen molar-refractivity contribution in [3.63, 3.8) is 0 Å². The fourth-order valence-corrected chi connectivity index (χ4v) is 2.83. The Hall–Kier alpha value is -2.70. The number of anilines is 1. The molecule has 1 atom stereocenters. The monoisotopic (exact) mass is 367 g/mol. The maximum atomic E-state index is 14.3. The number of para-hydroxylation sites is 1. The number of hydrogen-bond donors (Lipinski definition) is 2. The van der Waals surface area contributed by atoms with Crippen molar-refractivity contribution in [2.75, 3.05) is 12.4 Å². The molecular formula is C19H20F3NO3. The fourth-order valence-electron chi connectivity index (χ4n) is 2.83. The van der Waals surface area contributed by atoms with E-state index in [-0.39, 0.29) is 28.1 Å². The molecule has 0 radical (unpaired) electrons. The van der Waals surface area contributed by atoms with Crippen LogP contribution in [0.25, 0.3) is 0 Å². The first-order valence-corrected chi connectivity index (χ1v) is 7.84. The van der Waals surface area contributed by atoms with Crippen molar-refractivity contribution in [3.05, 3.63) is 58.7 Å². The first-order chi connectivity index (χ1) is 12.0.